The van der Waals surface area contributed by atoms with Crippen LogP contribution >= 0.6 is 0 Å². The van der Waals surface area contributed by atoms with E-state index in [1.807, 2.05) is 10.9 Å². The Morgan fingerprint density at radius 1 is 1.29 bits per heavy atom. The summed E-state index contributed by atoms with van der Waals surface area (Å²) in [5.41, 5.74) is 0.675. The summed E-state index contributed by atoms with van der Waals surface area (Å²) in [6, 6.07) is 0.505. The number of nitrogens with zero attached hydrogens (tertiary/aromatic N) is 3. The molecule has 0 radical (unpaired) electrons. The monoisotopic (exact) mass is 195 g/mol. The smallest absolute Gasteiger partial charge is 0.108 e. The van der Waals surface area contributed by atoms with Gasteiger partial charge in [-0.15, -0.1) is 5.10 Å². The van der Waals surface area contributed by atoms with Crippen LogP contribution in [0.5, 0.6) is 0 Å². The molecule has 1 aliphatic carbocycles. The third-order valence-electron chi connectivity index (χ3n) is 2.92. The molecule has 78 valence electrons. The molecule has 0 spiro atoms. The molecule has 2 rings (SSSR count). The average molecular weight is 195 g/mol. The Morgan fingerprint density at radius 3 is 2.57 bits per heavy atom. The van der Waals surface area contributed by atoms with Gasteiger partial charge in [-0.25, -0.2) is 4.68 Å². The van der Waals surface area contributed by atoms with Crippen molar-refractivity contribution < 1.29 is 5.11 Å². The van der Waals surface area contributed by atoms with Crippen molar-refractivity contribution in [1.29, 1.82) is 0 Å². The van der Waals surface area contributed by atoms with E-state index in [4.69, 9.17) is 5.11 Å². The highest BCUT2D eigenvalue weighted by molar-refractivity contribution is 4.90. The van der Waals surface area contributed by atoms with Crippen LogP contribution < -0.4 is 0 Å². The van der Waals surface area contributed by atoms with Crippen LogP contribution in [0.2, 0.25) is 0 Å². The summed E-state index contributed by atoms with van der Waals surface area (Å²) in [5, 5.41) is 16.9. The molecule has 1 heterocycles. The summed E-state index contributed by atoms with van der Waals surface area (Å²) in [5.74, 6) is 0. The summed E-state index contributed by atoms with van der Waals surface area (Å²) in [7, 11) is 0. The van der Waals surface area contributed by atoms with Gasteiger partial charge in [-0.2, -0.15) is 0 Å². The van der Waals surface area contributed by atoms with Gasteiger partial charge in [0, 0.05) is 0 Å². The van der Waals surface area contributed by atoms with Crippen molar-refractivity contribution >= 4 is 0 Å². The minimum Gasteiger partial charge on any atom is -0.390 e. The lowest BCUT2D eigenvalue weighted by molar-refractivity contribution is 0.276. The Labute approximate surface area is 83.9 Å². The molecule has 0 unspecified atom stereocenters. The highest BCUT2D eigenvalue weighted by Crippen LogP contribution is 2.26. The first-order valence-corrected chi connectivity index (χ1v) is 5.41. The van der Waals surface area contributed by atoms with Crippen molar-refractivity contribution in [3.05, 3.63) is 11.9 Å². The van der Waals surface area contributed by atoms with Gasteiger partial charge in [0.2, 0.25) is 0 Å². The van der Waals surface area contributed by atoms with Gasteiger partial charge in [-0.3, -0.25) is 0 Å². The zero-order valence-corrected chi connectivity index (χ0v) is 8.39. The van der Waals surface area contributed by atoms with Crippen LogP contribution in [0.3, 0.4) is 0 Å². The Kier molecular flexibility index (Phi) is 3.14. The number of rotatable bonds is 2. The van der Waals surface area contributed by atoms with Crippen LogP contribution in [0.25, 0.3) is 0 Å². The van der Waals surface area contributed by atoms with Gasteiger partial charge in [0.05, 0.1) is 18.8 Å². The largest absolute Gasteiger partial charge is 0.390 e. The van der Waals surface area contributed by atoms with Crippen LogP contribution in [0.15, 0.2) is 6.20 Å². The lowest BCUT2D eigenvalue weighted by Gasteiger charge is -2.12. The fraction of sp³-hybridized carbons (Fsp3) is 0.800. The highest BCUT2D eigenvalue weighted by Gasteiger charge is 2.15. The van der Waals surface area contributed by atoms with E-state index < -0.39 is 0 Å². The van der Waals surface area contributed by atoms with E-state index in [2.05, 4.69) is 10.3 Å². The summed E-state index contributed by atoms with van der Waals surface area (Å²) in [6.07, 6.45) is 9.55. The molecule has 1 fully saturated rings. The quantitative estimate of drug-likeness (QED) is 0.730. The summed E-state index contributed by atoms with van der Waals surface area (Å²) in [4.78, 5) is 0. The van der Waals surface area contributed by atoms with Crippen molar-refractivity contribution in [2.75, 3.05) is 0 Å². The Hall–Kier alpha value is -0.900. The number of hydrogen-bond acceptors (Lipinski definition) is 3. The zero-order chi connectivity index (χ0) is 9.80. The van der Waals surface area contributed by atoms with E-state index in [0.29, 0.717) is 11.7 Å². The highest BCUT2D eigenvalue weighted by atomic mass is 16.3. The van der Waals surface area contributed by atoms with Crippen LogP contribution in [0.4, 0.5) is 0 Å². The lowest BCUT2D eigenvalue weighted by Crippen LogP contribution is -2.08. The van der Waals surface area contributed by atoms with Crippen LogP contribution in [0, 0.1) is 0 Å². The second-order valence-corrected chi connectivity index (χ2v) is 3.99. The number of hydrogen-bond donors (Lipinski definition) is 1. The van der Waals surface area contributed by atoms with E-state index in [-0.39, 0.29) is 6.61 Å². The van der Waals surface area contributed by atoms with E-state index in [1.165, 1.54) is 38.5 Å². The average Bonchev–Trinajstić information content (AvgIpc) is 2.53. The first kappa shape index (κ1) is 9.65. The molecule has 0 aliphatic heterocycles. The topological polar surface area (TPSA) is 50.9 Å². The van der Waals surface area contributed by atoms with Crippen LogP contribution in [-0.2, 0) is 6.61 Å². The van der Waals surface area contributed by atoms with E-state index in [1.54, 1.807) is 0 Å². The van der Waals surface area contributed by atoms with Gasteiger partial charge in [-0.1, -0.05) is 30.9 Å². The second kappa shape index (κ2) is 4.55. The third kappa shape index (κ3) is 2.12. The molecular weight excluding hydrogens is 178 g/mol. The lowest BCUT2D eigenvalue weighted by atomic mass is 10.1. The molecule has 0 bridgehead atoms. The van der Waals surface area contributed by atoms with Crippen molar-refractivity contribution in [1.82, 2.24) is 15.0 Å². The van der Waals surface area contributed by atoms with Gasteiger partial charge in [0.25, 0.3) is 0 Å². The fourth-order valence-electron chi connectivity index (χ4n) is 2.09. The standard InChI is InChI=1S/C10H17N3O/c14-8-9-7-13(12-11-9)10-5-3-1-2-4-6-10/h7,10,14H,1-6,8H2. The molecule has 4 nitrogen and oxygen atoms in total. The normalized spacial score (nSPS) is 19.5. The summed E-state index contributed by atoms with van der Waals surface area (Å²) >= 11 is 0. The molecule has 0 aromatic carbocycles. The zero-order valence-electron chi connectivity index (χ0n) is 8.39. The molecule has 1 N–H and O–H groups in total. The van der Waals surface area contributed by atoms with Gasteiger partial charge >= 0.3 is 0 Å². The van der Waals surface area contributed by atoms with E-state index in [9.17, 15) is 0 Å². The number of aromatic nitrogens is 3. The molecule has 1 aromatic heterocycles. The molecule has 0 amide bonds. The first-order valence-electron chi connectivity index (χ1n) is 5.41. The van der Waals surface area contributed by atoms with Crippen LogP contribution in [-0.4, -0.2) is 20.1 Å². The molecular formula is C10H17N3O. The van der Waals surface area contributed by atoms with Crippen molar-refractivity contribution in [3.8, 4) is 0 Å². The first-order chi connectivity index (χ1) is 6.90. The van der Waals surface area contributed by atoms with Crippen molar-refractivity contribution in [2.45, 2.75) is 51.2 Å². The molecule has 0 atom stereocenters. The molecule has 1 aromatic rings. The number of aliphatic hydroxyl groups is 1. The third-order valence-corrected chi connectivity index (χ3v) is 2.92. The molecule has 1 aliphatic rings. The van der Waals surface area contributed by atoms with E-state index in [0.717, 1.165) is 0 Å². The van der Waals surface area contributed by atoms with Crippen molar-refractivity contribution in [3.63, 3.8) is 0 Å². The maximum Gasteiger partial charge on any atom is 0.108 e. The SMILES string of the molecule is OCc1cn(C2CCCCCC2)nn1. The summed E-state index contributed by atoms with van der Waals surface area (Å²) < 4.78 is 1.93. The molecule has 1 saturated carbocycles. The molecule has 4 heteroatoms. The van der Waals surface area contributed by atoms with Gasteiger partial charge in [0.1, 0.15) is 5.69 Å². The Bertz CT molecular complexity index is 277. The maximum absolute atomic E-state index is 8.89. The minimum atomic E-state index is -0.00722. The van der Waals surface area contributed by atoms with E-state index >= 15 is 0 Å². The van der Waals surface area contributed by atoms with Gasteiger partial charge in [-0.05, 0) is 12.8 Å². The Balaban J connectivity index is 2.04. The maximum atomic E-state index is 8.89. The van der Waals surface area contributed by atoms with Crippen molar-refractivity contribution in [2.24, 2.45) is 0 Å². The fourth-order valence-corrected chi connectivity index (χ4v) is 2.09. The second-order valence-electron chi connectivity index (χ2n) is 3.99. The molecule has 14 heavy (non-hydrogen) atoms. The molecule has 0 saturated heterocycles. The van der Waals surface area contributed by atoms with Gasteiger partial charge in [0.15, 0.2) is 0 Å². The van der Waals surface area contributed by atoms with Gasteiger partial charge < -0.3 is 5.11 Å². The predicted octanol–water partition coefficient (Wildman–Crippen LogP) is 1.67. The predicted molar refractivity (Wildman–Crippen MR) is 52.7 cm³/mol. The summed E-state index contributed by atoms with van der Waals surface area (Å²) in [6.45, 7) is -0.00722. The Morgan fingerprint density at radius 2 is 2.00 bits per heavy atom. The minimum absolute atomic E-state index is 0.00722. The number of aliphatic hydroxyl groups excluding tert-OH is 1. The van der Waals surface area contributed by atoms with Crippen LogP contribution in [0.1, 0.15) is 50.3 Å².